The van der Waals surface area contributed by atoms with Crippen molar-refractivity contribution >= 4 is 6.21 Å². The van der Waals surface area contributed by atoms with E-state index < -0.39 is 0 Å². The van der Waals surface area contributed by atoms with E-state index in [2.05, 4.69) is 22.4 Å². The first kappa shape index (κ1) is 12.2. The third-order valence-electron chi connectivity index (χ3n) is 2.99. The number of nitrogens with zero attached hydrogens (tertiary/aromatic N) is 2. The van der Waals surface area contributed by atoms with Crippen LogP contribution in [0, 0.1) is 0 Å². The SMILES string of the molecule is ON=Cc1cc(-c2ccc(-c3ccccc3)cc2)on1. The monoisotopic (exact) mass is 264 g/mol. The first-order valence-electron chi connectivity index (χ1n) is 6.17. The van der Waals surface area contributed by atoms with Gasteiger partial charge < -0.3 is 9.73 Å². The van der Waals surface area contributed by atoms with E-state index in [9.17, 15) is 0 Å². The Labute approximate surface area is 116 Å². The molecule has 3 aromatic rings. The standard InChI is InChI=1S/C16H12N2O2/c19-17-11-15-10-16(20-18-15)14-8-6-13(7-9-14)12-4-2-1-3-5-12/h1-11,19H. The third-order valence-corrected chi connectivity index (χ3v) is 2.99. The van der Waals surface area contributed by atoms with Crippen molar-refractivity contribution in [1.29, 1.82) is 0 Å². The van der Waals surface area contributed by atoms with Gasteiger partial charge in [-0.1, -0.05) is 64.9 Å². The molecular formula is C16H12N2O2. The third kappa shape index (κ3) is 2.44. The summed E-state index contributed by atoms with van der Waals surface area (Å²) in [5.74, 6) is 0.638. The summed E-state index contributed by atoms with van der Waals surface area (Å²) in [7, 11) is 0. The maximum Gasteiger partial charge on any atom is 0.167 e. The lowest BCUT2D eigenvalue weighted by Gasteiger charge is -2.02. The molecule has 3 rings (SSSR count). The summed E-state index contributed by atoms with van der Waals surface area (Å²) in [6.07, 6.45) is 1.23. The average molecular weight is 264 g/mol. The van der Waals surface area contributed by atoms with Crippen LogP contribution < -0.4 is 0 Å². The zero-order valence-corrected chi connectivity index (χ0v) is 10.6. The van der Waals surface area contributed by atoms with Crippen molar-refractivity contribution in [2.75, 3.05) is 0 Å². The lowest BCUT2D eigenvalue weighted by atomic mass is 10.0. The van der Waals surface area contributed by atoms with Crippen LogP contribution in [0.15, 0.2) is 70.3 Å². The molecule has 2 aromatic carbocycles. The van der Waals surface area contributed by atoms with Gasteiger partial charge in [-0.05, 0) is 11.1 Å². The van der Waals surface area contributed by atoms with E-state index in [-0.39, 0.29) is 0 Å². The molecule has 0 saturated heterocycles. The van der Waals surface area contributed by atoms with E-state index in [1.807, 2.05) is 42.5 Å². The fourth-order valence-electron chi connectivity index (χ4n) is 2.00. The van der Waals surface area contributed by atoms with Crippen LogP contribution in [0.25, 0.3) is 22.5 Å². The van der Waals surface area contributed by atoms with Crippen molar-refractivity contribution in [3.05, 3.63) is 66.4 Å². The second-order valence-corrected chi connectivity index (χ2v) is 4.30. The summed E-state index contributed by atoms with van der Waals surface area (Å²) in [5, 5.41) is 15.1. The van der Waals surface area contributed by atoms with Gasteiger partial charge in [0.05, 0.1) is 6.21 Å². The molecule has 0 fully saturated rings. The summed E-state index contributed by atoms with van der Waals surface area (Å²) in [6.45, 7) is 0. The fourth-order valence-corrected chi connectivity index (χ4v) is 2.00. The van der Waals surface area contributed by atoms with Gasteiger partial charge in [0.15, 0.2) is 5.76 Å². The minimum atomic E-state index is 0.481. The molecule has 0 bridgehead atoms. The van der Waals surface area contributed by atoms with E-state index in [4.69, 9.17) is 9.73 Å². The van der Waals surface area contributed by atoms with Crippen LogP contribution >= 0.6 is 0 Å². The Kier molecular flexibility index (Phi) is 3.29. The van der Waals surface area contributed by atoms with Gasteiger partial charge in [0.2, 0.25) is 0 Å². The van der Waals surface area contributed by atoms with Crippen LogP contribution in [0.3, 0.4) is 0 Å². The van der Waals surface area contributed by atoms with Crippen LogP contribution in [0.5, 0.6) is 0 Å². The maximum absolute atomic E-state index is 8.45. The van der Waals surface area contributed by atoms with Crippen LogP contribution in [0.4, 0.5) is 0 Å². The molecular weight excluding hydrogens is 252 g/mol. The molecule has 0 spiro atoms. The Morgan fingerprint density at radius 1 is 0.900 bits per heavy atom. The number of aromatic nitrogens is 1. The van der Waals surface area contributed by atoms with Crippen molar-refractivity contribution in [1.82, 2.24) is 5.16 Å². The zero-order chi connectivity index (χ0) is 13.8. The molecule has 4 nitrogen and oxygen atoms in total. The van der Waals surface area contributed by atoms with E-state index >= 15 is 0 Å². The number of hydrogen-bond donors (Lipinski definition) is 1. The largest absolute Gasteiger partial charge is 0.411 e. The van der Waals surface area contributed by atoms with Crippen molar-refractivity contribution in [3.8, 4) is 22.5 Å². The molecule has 1 N–H and O–H groups in total. The highest BCUT2D eigenvalue weighted by Gasteiger charge is 2.06. The molecule has 1 heterocycles. The predicted molar refractivity (Wildman–Crippen MR) is 76.8 cm³/mol. The summed E-state index contributed by atoms with van der Waals surface area (Å²) in [4.78, 5) is 0. The first-order valence-corrected chi connectivity index (χ1v) is 6.17. The van der Waals surface area contributed by atoms with Gasteiger partial charge in [-0.3, -0.25) is 0 Å². The van der Waals surface area contributed by atoms with Gasteiger partial charge in [-0.15, -0.1) is 0 Å². The van der Waals surface area contributed by atoms with Crippen molar-refractivity contribution in [2.45, 2.75) is 0 Å². The van der Waals surface area contributed by atoms with Crippen molar-refractivity contribution in [2.24, 2.45) is 5.16 Å². The Morgan fingerprint density at radius 2 is 1.55 bits per heavy atom. The summed E-state index contributed by atoms with van der Waals surface area (Å²) < 4.78 is 5.20. The Balaban J connectivity index is 1.89. The van der Waals surface area contributed by atoms with Crippen LogP contribution in [-0.4, -0.2) is 16.6 Å². The summed E-state index contributed by atoms with van der Waals surface area (Å²) >= 11 is 0. The zero-order valence-electron chi connectivity index (χ0n) is 10.6. The number of hydrogen-bond acceptors (Lipinski definition) is 4. The van der Waals surface area contributed by atoms with Crippen LogP contribution in [-0.2, 0) is 0 Å². The number of oxime groups is 1. The smallest absolute Gasteiger partial charge is 0.167 e. The molecule has 4 heteroatoms. The topological polar surface area (TPSA) is 58.6 Å². The van der Waals surface area contributed by atoms with Gasteiger partial charge >= 0.3 is 0 Å². The van der Waals surface area contributed by atoms with E-state index in [1.54, 1.807) is 6.07 Å². The lowest BCUT2D eigenvalue weighted by molar-refractivity contribution is 0.321. The van der Waals surface area contributed by atoms with E-state index in [1.165, 1.54) is 11.8 Å². The van der Waals surface area contributed by atoms with Gasteiger partial charge in [-0.2, -0.15) is 0 Å². The highest BCUT2D eigenvalue weighted by Crippen LogP contribution is 2.24. The molecule has 0 aliphatic carbocycles. The molecule has 20 heavy (non-hydrogen) atoms. The normalized spacial score (nSPS) is 11.0. The molecule has 0 radical (unpaired) electrons. The number of benzene rings is 2. The highest BCUT2D eigenvalue weighted by atomic mass is 16.5. The Hall–Kier alpha value is -2.88. The minimum Gasteiger partial charge on any atom is -0.411 e. The van der Waals surface area contributed by atoms with E-state index in [0.717, 1.165) is 11.1 Å². The maximum atomic E-state index is 8.45. The summed E-state index contributed by atoms with van der Waals surface area (Å²) in [6, 6.07) is 19.9. The second kappa shape index (κ2) is 5.40. The highest BCUT2D eigenvalue weighted by molar-refractivity contribution is 5.78. The Morgan fingerprint density at radius 3 is 2.25 bits per heavy atom. The molecule has 0 saturated carbocycles. The molecule has 1 aromatic heterocycles. The van der Waals surface area contributed by atoms with Gasteiger partial charge in [0, 0.05) is 11.6 Å². The van der Waals surface area contributed by atoms with Gasteiger partial charge in [0.25, 0.3) is 0 Å². The second-order valence-electron chi connectivity index (χ2n) is 4.30. The quantitative estimate of drug-likeness (QED) is 0.444. The van der Waals surface area contributed by atoms with Crippen molar-refractivity contribution in [3.63, 3.8) is 0 Å². The van der Waals surface area contributed by atoms with Crippen molar-refractivity contribution < 1.29 is 9.73 Å². The minimum absolute atomic E-state index is 0.481. The molecule has 0 aliphatic rings. The molecule has 0 unspecified atom stereocenters. The molecule has 0 atom stereocenters. The summed E-state index contributed by atoms with van der Waals surface area (Å²) in [5.41, 5.74) is 3.72. The predicted octanol–water partition coefficient (Wildman–Crippen LogP) is 3.82. The molecule has 0 amide bonds. The first-order chi connectivity index (χ1) is 9.86. The fraction of sp³-hybridized carbons (Fsp3) is 0. The molecule has 0 aliphatic heterocycles. The molecule has 98 valence electrons. The van der Waals surface area contributed by atoms with Gasteiger partial charge in [-0.25, -0.2) is 0 Å². The van der Waals surface area contributed by atoms with Crippen LogP contribution in [0.2, 0.25) is 0 Å². The van der Waals surface area contributed by atoms with Crippen LogP contribution in [0.1, 0.15) is 5.69 Å². The van der Waals surface area contributed by atoms with Gasteiger partial charge in [0.1, 0.15) is 5.69 Å². The number of rotatable bonds is 3. The van der Waals surface area contributed by atoms with E-state index in [0.29, 0.717) is 11.5 Å². The Bertz CT molecular complexity index is 716. The average Bonchev–Trinajstić information content (AvgIpc) is 2.97. The lowest BCUT2D eigenvalue weighted by Crippen LogP contribution is -1.78.